The zero-order chi connectivity index (χ0) is 19.4. The van der Waals surface area contributed by atoms with Crippen LogP contribution in [0.1, 0.15) is 35.0 Å². The summed E-state index contributed by atoms with van der Waals surface area (Å²) < 4.78 is 10.9. The third kappa shape index (κ3) is 4.19. The van der Waals surface area contributed by atoms with Crippen LogP contribution in [-0.4, -0.2) is 29.4 Å². The zero-order valence-electron chi connectivity index (χ0n) is 15.7. The lowest BCUT2D eigenvalue weighted by Gasteiger charge is -2.13. The molecule has 140 valence electrons. The van der Waals surface area contributed by atoms with Crippen LogP contribution >= 0.6 is 0 Å². The number of aromatic amines is 1. The first-order valence-electron chi connectivity index (χ1n) is 8.97. The fourth-order valence-corrected chi connectivity index (χ4v) is 3.07. The van der Waals surface area contributed by atoms with Crippen LogP contribution in [0.25, 0.3) is 10.9 Å². The van der Waals surface area contributed by atoms with Gasteiger partial charge in [0.05, 0.1) is 13.0 Å². The number of nitrogens with one attached hydrogen (secondary N) is 1. The van der Waals surface area contributed by atoms with Crippen molar-refractivity contribution in [2.45, 2.75) is 33.3 Å². The Hall–Kier alpha value is -3.08. The SMILES string of the molecule is Cc1ccccc1OCCC(=O)O[C@@H](C)C(=O)c1c(C)[nH]c2ccccc12. The van der Waals surface area contributed by atoms with Crippen LogP contribution in [-0.2, 0) is 9.53 Å². The molecule has 5 nitrogen and oxygen atoms in total. The van der Waals surface area contributed by atoms with Gasteiger partial charge in [-0.1, -0.05) is 36.4 Å². The number of ether oxygens (including phenoxy) is 2. The minimum Gasteiger partial charge on any atom is -0.493 e. The number of esters is 1. The Morgan fingerprint density at radius 2 is 1.74 bits per heavy atom. The Bertz CT molecular complexity index is 973. The second kappa shape index (κ2) is 8.08. The molecule has 2 aromatic carbocycles. The first-order valence-corrected chi connectivity index (χ1v) is 8.97. The molecule has 0 saturated heterocycles. The van der Waals surface area contributed by atoms with Crippen molar-refractivity contribution in [3.8, 4) is 5.75 Å². The number of carbonyl (C=O) groups is 2. The van der Waals surface area contributed by atoms with E-state index in [0.29, 0.717) is 5.56 Å². The third-order valence-corrected chi connectivity index (χ3v) is 4.47. The molecule has 0 saturated carbocycles. The Morgan fingerprint density at radius 1 is 1.04 bits per heavy atom. The van der Waals surface area contributed by atoms with Crippen molar-refractivity contribution in [3.05, 3.63) is 65.4 Å². The fourth-order valence-electron chi connectivity index (χ4n) is 3.07. The second-order valence-electron chi connectivity index (χ2n) is 6.53. The monoisotopic (exact) mass is 365 g/mol. The van der Waals surface area contributed by atoms with Gasteiger partial charge in [-0.15, -0.1) is 0 Å². The molecule has 0 unspecified atom stereocenters. The minimum atomic E-state index is -0.853. The summed E-state index contributed by atoms with van der Waals surface area (Å²) in [5, 5.41) is 0.839. The summed E-state index contributed by atoms with van der Waals surface area (Å²) in [4.78, 5) is 28.1. The van der Waals surface area contributed by atoms with Crippen molar-refractivity contribution >= 4 is 22.7 Å². The van der Waals surface area contributed by atoms with Crippen LogP contribution in [0.2, 0.25) is 0 Å². The van der Waals surface area contributed by atoms with Gasteiger partial charge in [0, 0.05) is 22.2 Å². The van der Waals surface area contributed by atoms with Crippen molar-refractivity contribution in [3.63, 3.8) is 0 Å². The second-order valence-corrected chi connectivity index (χ2v) is 6.53. The first-order chi connectivity index (χ1) is 13.0. The van der Waals surface area contributed by atoms with E-state index in [-0.39, 0.29) is 18.8 Å². The topological polar surface area (TPSA) is 68.4 Å². The van der Waals surface area contributed by atoms with E-state index in [9.17, 15) is 9.59 Å². The number of Topliss-reactive ketones (excluding diaryl/α,β-unsaturated/α-hetero) is 1. The Morgan fingerprint density at radius 3 is 2.52 bits per heavy atom. The van der Waals surface area contributed by atoms with E-state index in [1.54, 1.807) is 6.92 Å². The largest absolute Gasteiger partial charge is 0.493 e. The van der Waals surface area contributed by atoms with Crippen molar-refractivity contribution in [1.82, 2.24) is 4.98 Å². The quantitative estimate of drug-likeness (QED) is 0.499. The molecule has 27 heavy (non-hydrogen) atoms. The number of aromatic nitrogens is 1. The number of fused-ring (bicyclic) bond motifs is 1. The molecule has 1 heterocycles. The maximum absolute atomic E-state index is 12.8. The predicted octanol–water partition coefficient (Wildman–Crippen LogP) is 4.37. The molecule has 1 atom stereocenters. The van der Waals surface area contributed by atoms with E-state index in [1.165, 1.54) is 0 Å². The fraction of sp³-hybridized carbons (Fsp3) is 0.273. The van der Waals surface area contributed by atoms with Gasteiger partial charge in [0.15, 0.2) is 6.10 Å². The number of aryl methyl sites for hydroxylation is 2. The minimum absolute atomic E-state index is 0.0822. The average Bonchev–Trinajstić information content (AvgIpc) is 2.98. The molecule has 0 aliphatic heterocycles. The maximum atomic E-state index is 12.8. The summed E-state index contributed by atoms with van der Waals surface area (Å²) in [5.41, 5.74) is 3.24. The summed E-state index contributed by atoms with van der Waals surface area (Å²) in [7, 11) is 0. The van der Waals surface area contributed by atoms with Crippen LogP contribution in [0.5, 0.6) is 5.75 Å². The zero-order valence-corrected chi connectivity index (χ0v) is 15.7. The lowest BCUT2D eigenvalue weighted by atomic mass is 10.0. The number of hydrogen-bond acceptors (Lipinski definition) is 4. The van der Waals surface area contributed by atoms with Gasteiger partial charge >= 0.3 is 5.97 Å². The van der Waals surface area contributed by atoms with Gasteiger partial charge in [-0.3, -0.25) is 9.59 Å². The molecule has 0 aliphatic carbocycles. The summed E-state index contributed by atoms with van der Waals surface area (Å²) in [6.45, 7) is 5.59. The standard InChI is InChI=1S/C22H23NO4/c1-14-8-4-7-11-19(14)26-13-12-20(24)27-16(3)22(25)21-15(2)23-18-10-6-5-9-17(18)21/h4-11,16,23H,12-13H2,1-3H3/t16-/m0/s1. The number of para-hydroxylation sites is 2. The predicted molar refractivity (Wildman–Crippen MR) is 104 cm³/mol. The van der Waals surface area contributed by atoms with Crippen molar-refractivity contribution in [2.75, 3.05) is 6.61 Å². The van der Waals surface area contributed by atoms with E-state index in [4.69, 9.17) is 9.47 Å². The number of benzene rings is 2. The summed E-state index contributed by atoms with van der Waals surface area (Å²) in [6.07, 6.45) is -0.771. The molecular formula is C22H23NO4. The molecule has 1 N–H and O–H groups in total. The Kier molecular flexibility index (Phi) is 5.60. The highest BCUT2D eigenvalue weighted by Gasteiger charge is 2.24. The van der Waals surface area contributed by atoms with E-state index >= 15 is 0 Å². The third-order valence-electron chi connectivity index (χ3n) is 4.47. The number of H-pyrrole nitrogens is 1. The van der Waals surface area contributed by atoms with Crippen molar-refractivity contribution < 1.29 is 19.1 Å². The highest BCUT2D eigenvalue weighted by Crippen LogP contribution is 2.24. The lowest BCUT2D eigenvalue weighted by molar-refractivity contribution is -0.146. The van der Waals surface area contributed by atoms with Crippen LogP contribution in [0, 0.1) is 13.8 Å². The summed E-state index contributed by atoms with van der Waals surface area (Å²) in [6, 6.07) is 15.2. The average molecular weight is 365 g/mol. The number of ketones is 1. The van der Waals surface area contributed by atoms with Crippen LogP contribution in [0.15, 0.2) is 48.5 Å². The van der Waals surface area contributed by atoms with E-state index in [1.807, 2.05) is 62.4 Å². The smallest absolute Gasteiger partial charge is 0.309 e. The number of carbonyl (C=O) groups excluding carboxylic acids is 2. The molecule has 0 spiro atoms. The van der Waals surface area contributed by atoms with Gasteiger partial charge in [-0.05, 0) is 38.5 Å². The molecule has 1 aromatic heterocycles. The molecule has 3 rings (SSSR count). The molecular weight excluding hydrogens is 342 g/mol. The van der Waals surface area contributed by atoms with Gasteiger partial charge in [0.1, 0.15) is 5.75 Å². The molecule has 0 radical (unpaired) electrons. The molecule has 0 bridgehead atoms. The molecule has 3 aromatic rings. The molecule has 5 heteroatoms. The highest BCUT2D eigenvalue weighted by atomic mass is 16.5. The van der Waals surface area contributed by atoms with E-state index in [2.05, 4.69) is 4.98 Å². The van der Waals surface area contributed by atoms with Crippen molar-refractivity contribution in [2.24, 2.45) is 0 Å². The Balaban J connectivity index is 1.58. The van der Waals surface area contributed by atoms with Crippen molar-refractivity contribution in [1.29, 1.82) is 0 Å². The van der Waals surface area contributed by atoms with Crippen LogP contribution < -0.4 is 4.74 Å². The first kappa shape index (κ1) is 18.7. The van der Waals surface area contributed by atoms with Gasteiger partial charge < -0.3 is 14.5 Å². The Labute approximate surface area is 158 Å². The molecule has 0 aliphatic rings. The van der Waals surface area contributed by atoms with Crippen LogP contribution in [0.3, 0.4) is 0 Å². The molecule has 0 amide bonds. The van der Waals surface area contributed by atoms with Gasteiger partial charge in [0.2, 0.25) is 5.78 Å². The van der Waals surface area contributed by atoms with Crippen LogP contribution in [0.4, 0.5) is 0 Å². The number of hydrogen-bond donors (Lipinski definition) is 1. The summed E-state index contributed by atoms with van der Waals surface area (Å²) >= 11 is 0. The van der Waals surface area contributed by atoms with Gasteiger partial charge in [0.25, 0.3) is 0 Å². The van der Waals surface area contributed by atoms with Gasteiger partial charge in [-0.2, -0.15) is 0 Å². The van der Waals surface area contributed by atoms with E-state index in [0.717, 1.165) is 27.9 Å². The normalized spacial score (nSPS) is 12.0. The summed E-state index contributed by atoms with van der Waals surface area (Å²) in [5.74, 6) is 0.0730. The maximum Gasteiger partial charge on any atom is 0.309 e. The van der Waals surface area contributed by atoms with Gasteiger partial charge in [-0.25, -0.2) is 0 Å². The van der Waals surface area contributed by atoms with E-state index < -0.39 is 12.1 Å². The number of rotatable bonds is 7. The lowest BCUT2D eigenvalue weighted by Crippen LogP contribution is -2.25. The highest BCUT2D eigenvalue weighted by molar-refractivity contribution is 6.11. The molecule has 0 fully saturated rings.